The zero-order valence-electron chi connectivity index (χ0n) is 11.4. The molecule has 1 atom stereocenters. The molecule has 3 N–H and O–H groups in total. The maximum atomic E-state index is 11.4. The molecule has 122 valence electrons. The minimum atomic E-state index is -5.08. The van der Waals surface area contributed by atoms with Gasteiger partial charge in [0.15, 0.2) is 0 Å². The number of likely N-dealkylation sites (tertiary alicyclic amines) is 1. The van der Waals surface area contributed by atoms with E-state index in [9.17, 15) is 22.8 Å². The summed E-state index contributed by atoms with van der Waals surface area (Å²) in [5.74, 6) is -3.28. The van der Waals surface area contributed by atoms with Crippen LogP contribution in [0.25, 0.3) is 0 Å². The number of methoxy groups -OCH3 is 1. The molecule has 0 bridgehead atoms. The molecule has 0 aliphatic carbocycles. The molecule has 0 spiro atoms. The molecule has 0 aromatic carbocycles. The van der Waals surface area contributed by atoms with Crippen LogP contribution in [-0.4, -0.2) is 60.3 Å². The number of nitrogens with zero attached hydrogens (tertiary/aromatic N) is 1. The van der Waals surface area contributed by atoms with E-state index < -0.39 is 18.2 Å². The van der Waals surface area contributed by atoms with E-state index in [1.54, 1.807) is 0 Å². The van der Waals surface area contributed by atoms with Crippen molar-refractivity contribution in [2.45, 2.75) is 31.5 Å². The van der Waals surface area contributed by atoms with Gasteiger partial charge >= 0.3 is 18.1 Å². The zero-order valence-corrected chi connectivity index (χ0v) is 11.4. The number of ether oxygens (including phenoxy) is 1. The van der Waals surface area contributed by atoms with Gasteiger partial charge in [-0.3, -0.25) is 4.79 Å². The Morgan fingerprint density at radius 2 is 1.86 bits per heavy atom. The molecular weight excluding hydrogens is 297 g/mol. The average Bonchev–Trinajstić information content (AvgIpc) is 2.45. The van der Waals surface area contributed by atoms with Crippen LogP contribution in [-0.2, 0) is 19.1 Å². The number of hydrogen-bond donors (Lipinski definition) is 2. The van der Waals surface area contributed by atoms with Gasteiger partial charge in [0.2, 0.25) is 5.91 Å². The molecule has 0 unspecified atom stereocenters. The Hall–Kier alpha value is -1.84. The molecule has 1 fully saturated rings. The second-order valence-corrected chi connectivity index (χ2v) is 4.13. The van der Waals surface area contributed by atoms with E-state index >= 15 is 0 Å². The first-order valence-corrected chi connectivity index (χ1v) is 6.02. The topological polar surface area (TPSA) is 110 Å². The fourth-order valence-electron chi connectivity index (χ4n) is 1.73. The van der Waals surface area contributed by atoms with Crippen LogP contribution in [0.5, 0.6) is 0 Å². The maximum absolute atomic E-state index is 11.4. The van der Waals surface area contributed by atoms with Gasteiger partial charge in [-0.15, -0.1) is 0 Å². The molecule has 1 rings (SSSR count). The van der Waals surface area contributed by atoms with Crippen LogP contribution >= 0.6 is 0 Å². The van der Waals surface area contributed by atoms with Gasteiger partial charge in [-0.05, 0) is 19.3 Å². The predicted molar refractivity (Wildman–Crippen MR) is 64.1 cm³/mol. The summed E-state index contributed by atoms with van der Waals surface area (Å²) in [4.78, 5) is 33.2. The molecular formula is C11H17F3N2O5. The van der Waals surface area contributed by atoms with Crippen molar-refractivity contribution >= 4 is 17.8 Å². The molecule has 1 saturated heterocycles. The van der Waals surface area contributed by atoms with Gasteiger partial charge in [-0.2, -0.15) is 13.2 Å². The number of amides is 1. The lowest BCUT2D eigenvalue weighted by Crippen LogP contribution is -2.50. The second kappa shape index (κ2) is 8.45. The van der Waals surface area contributed by atoms with Gasteiger partial charge in [0.1, 0.15) is 6.04 Å². The monoisotopic (exact) mass is 314 g/mol. The quantitative estimate of drug-likeness (QED) is 0.701. The number of halogens is 3. The fraction of sp³-hybridized carbons (Fsp3) is 0.727. The Balaban J connectivity index is 0.000000486. The third kappa shape index (κ3) is 6.43. The van der Waals surface area contributed by atoms with Gasteiger partial charge in [0.05, 0.1) is 13.7 Å². The highest BCUT2D eigenvalue weighted by molar-refractivity contribution is 5.85. The van der Waals surface area contributed by atoms with Crippen LogP contribution in [0.3, 0.4) is 0 Å². The number of piperidine rings is 1. The highest BCUT2D eigenvalue weighted by Crippen LogP contribution is 2.17. The number of hydrogen-bond acceptors (Lipinski definition) is 5. The van der Waals surface area contributed by atoms with E-state index in [1.165, 1.54) is 12.0 Å². The molecule has 1 heterocycles. The zero-order chi connectivity index (χ0) is 16.6. The van der Waals surface area contributed by atoms with Crippen molar-refractivity contribution in [2.75, 3.05) is 20.2 Å². The van der Waals surface area contributed by atoms with Crippen LogP contribution in [0, 0.1) is 0 Å². The lowest BCUT2D eigenvalue weighted by atomic mass is 10.0. The molecule has 1 aliphatic heterocycles. The van der Waals surface area contributed by atoms with E-state index in [1.807, 2.05) is 0 Å². The average molecular weight is 314 g/mol. The minimum absolute atomic E-state index is 0.0481. The van der Waals surface area contributed by atoms with Crippen molar-refractivity contribution in [1.29, 1.82) is 0 Å². The van der Waals surface area contributed by atoms with Crippen LogP contribution in [0.4, 0.5) is 13.2 Å². The van der Waals surface area contributed by atoms with Crippen LogP contribution in [0.1, 0.15) is 19.3 Å². The SMILES string of the molecule is COC(=O)[C@@H]1CCCCN1C(=O)CN.O=C(O)C(F)(F)F. The van der Waals surface area contributed by atoms with Crippen LogP contribution in [0.2, 0.25) is 0 Å². The molecule has 0 saturated carbocycles. The first-order valence-electron chi connectivity index (χ1n) is 6.02. The molecule has 7 nitrogen and oxygen atoms in total. The fourth-order valence-corrected chi connectivity index (χ4v) is 1.73. The second-order valence-electron chi connectivity index (χ2n) is 4.13. The number of carbonyl (C=O) groups excluding carboxylic acids is 2. The first-order chi connectivity index (χ1) is 9.65. The van der Waals surface area contributed by atoms with Gasteiger partial charge < -0.3 is 20.5 Å². The lowest BCUT2D eigenvalue weighted by molar-refractivity contribution is -0.192. The van der Waals surface area contributed by atoms with Crippen molar-refractivity contribution in [2.24, 2.45) is 5.73 Å². The molecule has 1 amide bonds. The number of carboxylic acid groups (broad SMARTS) is 1. The number of alkyl halides is 3. The number of nitrogens with two attached hydrogens (primary N) is 1. The molecule has 10 heteroatoms. The standard InChI is InChI=1S/C9H16N2O3.C2HF3O2/c1-14-9(13)7-4-2-3-5-11(7)8(12)6-10;3-2(4,5)1(6)7/h7H,2-6,10H2,1H3;(H,6,7)/t7-;/m0./s1. The lowest BCUT2D eigenvalue weighted by Gasteiger charge is -2.33. The number of carbonyl (C=O) groups is 3. The summed E-state index contributed by atoms with van der Waals surface area (Å²) in [5.41, 5.74) is 5.26. The normalized spacial score (nSPS) is 18.3. The molecule has 21 heavy (non-hydrogen) atoms. The van der Waals surface area contributed by atoms with Crippen molar-refractivity contribution in [3.8, 4) is 0 Å². The minimum Gasteiger partial charge on any atom is -0.475 e. The highest BCUT2D eigenvalue weighted by Gasteiger charge is 2.38. The van der Waals surface area contributed by atoms with E-state index in [2.05, 4.69) is 4.74 Å². The van der Waals surface area contributed by atoms with E-state index in [0.717, 1.165) is 12.8 Å². The Labute approximate surface area is 118 Å². The number of aliphatic carboxylic acids is 1. The van der Waals surface area contributed by atoms with E-state index in [-0.39, 0.29) is 18.4 Å². The first kappa shape index (κ1) is 19.2. The highest BCUT2D eigenvalue weighted by atomic mass is 19.4. The number of esters is 1. The summed E-state index contributed by atoms with van der Waals surface area (Å²) in [6.07, 6.45) is -2.52. The van der Waals surface area contributed by atoms with E-state index in [0.29, 0.717) is 13.0 Å². The Morgan fingerprint density at radius 1 is 1.33 bits per heavy atom. The van der Waals surface area contributed by atoms with Gasteiger partial charge in [-0.25, -0.2) is 9.59 Å². The summed E-state index contributed by atoms with van der Waals surface area (Å²) in [6.45, 7) is 0.559. The number of carboxylic acids is 1. The summed E-state index contributed by atoms with van der Waals surface area (Å²) in [7, 11) is 1.34. The van der Waals surface area contributed by atoms with Crippen LogP contribution in [0.15, 0.2) is 0 Å². The van der Waals surface area contributed by atoms with Gasteiger partial charge in [0.25, 0.3) is 0 Å². The van der Waals surface area contributed by atoms with Crippen molar-refractivity contribution in [3.63, 3.8) is 0 Å². The Bertz CT molecular complexity index is 363. The predicted octanol–water partition coefficient (Wildman–Crippen LogP) is 0.132. The van der Waals surface area contributed by atoms with Crippen molar-refractivity contribution in [3.05, 3.63) is 0 Å². The third-order valence-corrected chi connectivity index (χ3v) is 2.71. The van der Waals surface area contributed by atoms with Crippen molar-refractivity contribution < 1.29 is 37.4 Å². The summed E-state index contributed by atoms with van der Waals surface area (Å²) in [6, 6.07) is -0.426. The summed E-state index contributed by atoms with van der Waals surface area (Å²) < 4.78 is 36.4. The number of rotatable bonds is 2. The summed E-state index contributed by atoms with van der Waals surface area (Å²) in [5, 5.41) is 7.12. The maximum Gasteiger partial charge on any atom is 0.490 e. The third-order valence-electron chi connectivity index (χ3n) is 2.71. The van der Waals surface area contributed by atoms with Gasteiger partial charge in [0, 0.05) is 6.54 Å². The smallest absolute Gasteiger partial charge is 0.475 e. The molecule has 0 aromatic heterocycles. The van der Waals surface area contributed by atoms with E-state index in [4.69, 9.17) is 15.6 Å². The van der Waals surface area contributed by atoms with Gasteiger partial charge in [-0.1, -0.05) is 0 Å². The molecule has 1 aliphatic rings. The molecule has 0 radical (unpaired) electrons. The van der Waals surface area contributed by atoms with Crippen LogP contribution < -0.4 is 5.73 Å². The largest absolute Gasteiger partial charge is 0.490 e. The Kier molecular flexibility index (Phi) is 7.71. The van der Waals surface area contributed by atoms with Crippen molar-refractivity contribution in [1.82, 2.24) is 4.90 Å². The Morgan fingerprint density at radius 3 is 2.24 bits per heavy atom. The summed E-state index contributed by atoms with van der Waals surface area (Å²) >= 11 is 0. The molecule has 0 aromatic rings.